The summed E-state index contributed by atoms with van der Waals surface area (Å²) in [7, 11) is 1.56. The SMILES string of the molecule is COc1ccc(Br)c(C(=O)Nc2ccccc2CN2CCCC2C(N)=O)c1. The summed E-state index contributed by atoms with van der Waals surface area (Å²) in [6, 6.07) is 12.6. The molecule has 1 saturated heterocycles. The lowest BCUT2D eigenvalue weighted by Crippen LogP contribution is -2.39. The lowest BCUT2D eigenvalue weighted by Gasteiger charge is -2.23. The van der Waals surface area contributed by atoms with Crippen molar-refractivity contribution in [2.75, 3.05) is 19.0 Å². The summed E-state index contributed by atoms with van der Waals surface area (Å²) in [5.41, 5.74) is 7.66. The van der Waals surface area contributed by atoms with E-state index >= 15 is 0 Å². The monoisotopic (exact) mass is 431 g/mol. The number of carbonyl (C=O) groups excluding carboxylic acids is 2. The average Bonchev–Trinajstić information content (AvgIpc) is 3.12. The topological polar surface area (TPSA) is 84.7 Å². The molecule has 2 aromatic carbocycles. The average molecular weight is 432 g/mol. The maximum Gasteiger partial charge on any atom is 0.256 e. The van der Waals surface area contributed by atoms with Crippen LogP contribution >= 0.6 is 15.9 Å². The third-order valence-corrected chi connectivity index (χ3v) is 5.44. The number of methoxy groups -OCH3 is 1. The van der Waals surface area contributed by atoms with Crippen molar-refractivity contribution in [2.45, 2.75) is 25.4 Å². The molecule has 2 aromatic rings. The van der Waals surface area contributed by atoms with Gasteiger partial charge in [-0.3, -0.25) is 14.5 Å². The molecule has 7 heteroatoms. The molecular formula is C20H22BrN3O3. The van der Waals surface area contributed by atoms with Crippen LogP contribution in [0.15, 0.2) is 46.9 Å². The fraction of sp³-hybridized carbons (Fsp3) is 0.300. The van der Waals surface area contributed by atoms with Gasteiger partial charge < -0.3 is 15.8 Å². The van der Waals surface area contributed by atoms with Gasteiger partial charge in [0.2, 0.25) is 5.91 Å². The van der Waals surface area contributed by atoms with Crippen LogP contribution in [0.25, 0.3) is 0 Å². The minimum Gasteiger partial charge on any atom is -0.497 e. The number of nitrogens with one attached hydrogen (secondary N) is 1. The maximum atomic E-state index is 12.8. The van der Waals surface area contributed by atoms with E-state index in [-0.39, 0.29) is 17.9 Å². The van der Waals surface area contributed by atoms with Crippen molar-refractivity contribution >= 4 is 33.4 Å². The van der Waals surface area contributed by atoms with Crippen molar-refractivity contribution in [3.63, 3.8) is 0 Å². The highest BCUT2D eigenvalue weighted by Gasteiger charge is 2.29. The number of amides is 2. The van der Waals surface area contributed by atoms with Crippen LogP contribution < -0.4 is 15.8 Å². The molecule has 1 atom stereocenters. The van der Waals surface area contributed by atoms with E-state index in [9.17, 15) is 9.59 Å². The number of carbonyl (C=O) groups is 2. The molecule has 0 spiro atoms. The Kier molecular flexibility index (Phi) is 6.13. The zero-order valence-electron chi connectivity index (χ0n) is 15.1. The molecule has 0 aromatic heterocycles. The van der Waals surface area contributed by atoms with Gasteiger partial charge in [-0.15, -0.1) is 0 Å². The molecule has 0 bridgehead atoms. The van der Waals surface area contributed by atoms with E-state index in [0.29, 0.717) is 28.0 Å². The molecular weight excluding hydrogens is 410 g/mol. The number of nitrogens with two attached hydrogens (primary N) is 1. The summed E-state index contributed by atoms with van der Waals surface area (Å²) in [4.78, 5) is 26.5. The number of ether oxygens (including phenoxy) is 1. The van der Waals surface area contributed by atoms with E-state index in [2.05, 4.69) is 26.1 Å². The van der Waals surface area contributed by atoms with E-state index in [4.69, 9.17) is 10.5 Å². The molecule has 142 valence electrons. The minimum absolute atomic E-state index is 0.235. The zero-order valence-corrected chi connectivity index (χ0v) is 16.7. The normalized spacial score (nSPS) is 16.9. The second kappa shape index (κ2) is 8.54. The first-order chi connectivity index (χ1) is 13.0. The Hall–Kier alpha value is -2.38. The lowest BCUT2D eigenvalue weighted by atomic mass is 10.1. The summed E-state index contributed by atoms with van der Waals surface area (Å²) in [5, 5.41) is 2.97. The van der Waals surface area contributed by atoms with Crippen LogP contribution in [0.4, 0.5) is 5.69 Å². The number of hydrogen-bond donors (Lipinski definition) is 2. The number of hydrogen-bond acceptors (Lipinski definition) is 4. The summed E-state index contributed by atoms with van der Waals surface area (Å²) >= 11 is 3.41. The molecule has 1 aliphatic rings. The van der Waals surface area contributed by atoms with Crippen LogP contribution in [0.3, 0.4) is 0 Å². The Morgan fingerprint density at radius 2 is 2.07 bits per heavy atom. The van der Waals surface area contributed by atoms with E-state index < -0.39 is 0 Å². The predicted molar refractivity (Wildman–Crippen MR) is 108 cm³/mol. The number of nitrogens with zero attached hydrogens (tertiary/aromatic N) is 1. The molecule has 1 fully saturated rings. The molecule has 0 saturated carbocycles. The number of primary amides is 1. The number of benzene rings is 2. The number of rotatable bonds is 6. The molecule has 3 rings (SSSR count). The van der Waals surface area contributed by atoms with Crippen LogP contribution in [0.5, 0.6) is 5.75 Å². The van der Waals surface area contributed by atoms with Crippen molar-refractivity contribution in [3.8, 4) is 5.75 Å². The van der Waals surface area contributed by atoms with Gasteiger partial charge in [0.25, 0.3) is 5.91 Å². The molecule has 2 amide bonds. The summed E-state index contributed by atoms with van der Waals surface area (Å²) < 4.78 is 5.89. The fourth-order valence-corrected chi connectivity index (χ4v) is 3.76. The maximum absolute atomic E-state index is 12.8. The molecule has 27 heavy (non-hydrogen) atoms. The largest absolute Gasteiger partial charge is 0.497 e. The Morgan fingerprint density at radius 3 is 2.81 bits per heavy atom. The molecule has 1 aliphatic heterocycles. The van der Waals surface area contributed by atoms with Gasteiger partial charge >= 0.3 is 0 Å². The Labute approximate surface area is 166 Å². The highest BCUT2D eigenvalue weighted by molar-refractivity contribution is 9.10. The van der Waals surface area contributed by atoms with Crippen LogP contribution in [-0.2, 0) is 11.3 Å². The van der Waals surface area contributed by atoms with Gasteiger partial charge in [-0.05, 0) is 65.1 Å². The van der Waals surface area contributed by atoms with Crippen molar-refractivity contribution in [2.24, 2.45) is 5.73 Å². The zero-order chi connectivity index (χ0) is 19.4. The van der Waals surface area contributed by atoms with E-state index in [1.165, 1.54) is 0 Å². The van der Waals surface area contributed by atoms with Gasteiger partial charge in [-0.1, -0.05) is 18.2 Å². The standard InChI is InChI=1S/C20H22BrN3O3/c1-27-14-8-9-16(21)15(11-14)20(26)23-17-6-3-2-5-13(17)12-24-10-4-7-18(24)19(22)25/h2-3,5-6,8-9,11,18H,4,7,10,12H2,1H3,(H2,22,25)(H,23,26). The smallest absolute Gasteiger partial charge is 0.256 e. The second-order valence-corrected chi connectivity index (χ2v) is 7.34. The molecule has 6 nitrogen and oxygen atoms in total. The van der Waals surface area contributed by atoms with Gasteiger partial charge in [-0.2, -0.15) is 0 Å². The molecule has 0 aliphatic carbocycles. The summed E-state index contributed by atoms with van der Waals surface area (Å²) in [6.45, 7) is 1.38. The third kappa shape index (κ3) is 4.48. The minimum atomic E-state index is -0.297. The van der Waals surface area contributed by atoms with Crippen molar-refractivity contribution in [1.82, 2.24) is 4.90 Å². The van der Waals surface area contributed by atoms with Gasteiger partial charge in [0, 0.05) is 16.7 Å². The lowest BCUT2D eigenvalue weighted by molar-refractivity contribution is -0.122. The van der Waals surface area contributed by atoms with Crippen LogP contribution in [-0.4, -0.2) is 36.4 Å². The number of anilines is 1. The highest BCUT2D eigenvalue weighted by atomic mass is 79.9. The van der Waals surface area contributed by atoms with E-state index in [1.54, 1.807) is 25.3 Å². The molecule has 1 unspecified atom stereocenters. The molecule has 3 N–H and O–H groups in total. The van der Waals surface area contributed by atoms with E-state index in [0.717, 1.165) is 24.9 Å². The van der Waals surface area contributed by atoms with Crippen LogP contribution in [0, 0.1) is 0 Å². The van der Waals surface area contributed by atoms with Gasteiger partial charge in [0.05, 0.1) is 18.7 Å². The van der Waals surface area contributed by atoms with Crippen molar-refractivity contribution < 1.29 is 14.3 Å². The van der Waals surface area contributed by atoms with Gasteiger partial charge in [0.15, 0.2) is 0 Å². The van der Waals surface area contributed by atoms with Crippen molar-refractivity contribution in [3.05, 3.63) is 58.1 Å². The summed E-state index contributed by atoms with van der Waals surface area (Å²) in [6.07, 6.45) is 1.72. The first kappa shape index (κ1) is 19.4. The van der Waals surface area contributed by atoms with E-state index in [1.807, 2.05) is 24.3 Å². The first-order valence-electron chi connectivity index (χ1n) is 8.75. The number of halogens is 1. The van der Waals surface area contributed by atoms with Crippen LogP contribution in [0.2, 0.25) is 0 Å². The highest BCUT2D eigenvalue weighted by Crippen LogP contribution is 2.26. The Balaban J connectivity index is 1.80. The number of para-hydroxylation sites is 1. The first-order valence-corrected chi connectivity index (χ1v) is 9.55. The summed E-state index contributed by atoms with van der Waals surface area (Å²) in [5.74, 6) is 0.0772. The predicted octanol–water partition coefficient (Wildman–Crippen LogP) is 3.16. The fourth-order valence-electron chi connectivity index (χ4n) is 3.33. The van der Waals surface area contributed by atoms with Gasteiger partial charge in [0.1, 0.15) is 5.75 Å². The molecule has 0 radical (unpaired) electrons. The second-order valence-electron chi connectivity index (χ2n) is 6.49. The third-order valence-electron chi connectivity index (χ3n) is 4.75. The van der Waals surface area contributed by atoms with Crippen LogP contribution in [0.1, 0.15) is 28.8 Å². The van der Waals surface area contributed by atoms with Crippen molar-refractivity contribution in [1.29, 1.82) is 0 Å². The quantitative estimate of drug-likeness (QED) is 0.735. The Bertz CT molecular complexity index is 856. The molecule has 1 heterocycles. The van der Waals surface area contributed by atoms with Gasteiger partial charge in [-0.25, -0.2) is 0 Å². The number of likely N-dealkylation sites (tertiary alicyclic amines) is 1. The Morgan fingerprint density at radius 1 is 1.30 bits per heavy atom.